The first kappa shape index (κ1) is 21.6. The van der Waals surface area contributed by atoms with E-state index in [1.165, 1.54) is 31.6 Å². The molecule has 0 aliphatic carbocycles. The van der Waals surface area contributed by atoms with Crippen LogP contribution < -0.4 is 15.8 Å². The molecule has 0 radical (unpaired) electrons. The van der Waals surface area contributed by atoms with Gasteiger partial charge in [-0.25, -0.2) is 13.4 Å². The number of fused-ring (bicyclic) bond motifs is 1. The van der Waals surface area contributed by atoms with E-state index in [9.17, 15) is 13.5 Å². The number of nitrogens with one attached hydrogen (secondary N) is 1. The van der Waals surface area contributed by atoms with E-state index in [1.807, 2.05) is 0 Å². The minimum absolute atomic E-state index is 0. The monoisotopic (exact) mass is 445 g/mol. The van der Waals surface area contributed by atoms with Crippen LogP contribution in [0.5, 0.6) is 11.5 Å². The first-order valence-electron chi connectivity index (χ1n) is 8.77. The summed E-state index contributed by atoms with van der Waals surface area (Å²) in [5, 5.41) is 13.2. The van der Waals surface area contributed by atoms with Crippen molar-refractivity contribution in [1.29, 1.82) is 0 Å². The van der Waals surface area contributed by atoms with Gasteiger partial charge in [0, 0.05) is 11.6 Å². The number of aromatic hydroxyl groups is 1. The first-order chi connectivity index (χ1) is 13.9. The van der Waals surface area contributed by atoms with Crippen LogP contribution in [0, 0.1) is 0 Å². The van der Waals surface area contributed by atoms with Crippen LogP contribution in [0.15, 0.2) is 81.5 Å². The van der Waals surface area contributed by atoms with Gasteiger partial charge in [-0.05, 0) is 35.9 Å². The molecule has 7 nitrogen and oxygen atoms in total. The number of rotatable bonds is 4. The van der Waals surface area contributed by atoms with Crippen LogP contribution in [0.1, 0.15) is 11.1 Å². The molecule has 0 bridgehead atoms. The highest BCUT2D eigenvalue weighted by molar-refractivity contribution is 7.91. The van der Waals surface area contributed by atoms with Crippen molar-refractivity contribution in [2.45, 2.75) is 15.5 Å². The lowest BCUT2D eigenvalue weighted by Gasteiger charge is -2.32. The Labute approximate surface area is 180 Å². The normalized spacial score (nSPS) is 17.4. The average Bonchev–Trinajstić information content (AvgIpc) is 2.75. The van der Waals surface area contributed by atoms with Crippen molar-refractivity contribution in [3.63, 3.8) is 0 Å². The van der Waals surface area contributed by atoms with E-state index in [-0.39, 0.29) is 27.9 Å². The number of anilines is 1. The number of nitrogens with zero attached hydrogens (tertiary/aromatic N) is 1. The molecule has 1 unspecified atom stereocenters. The lowest BCUT2D eigenvalue weighted by atomic mass is 9.90. The van der Waals surface area contributed by atoms with Crippen LogP contribution in [0.4, 0.5) is 5.69 Å². The molecule has 1 atom stereocenters. The minimum Gasteiger partial charge on any atom is -0.504 e. The number of phenolic OH excluding ortho intramolecular Hbond substituents is 1. The Morgan fingerprint density at radius 1 is 1.03 bits per heavy atom. The van der Waals surface area contributed by atoms with Gasteiger partial charge in [0.1, 0.15) is 0 Å². The summed E-state index contributed by atoms with van der Waals surface area (Å²) >= 11 is 0. The van der Waals surface area contributed by atoms with Crippen LogP contribution in [0.3, 0.4) is 0 Å². The third kappa shape index (κ3) is 3.49. The van der Waals surface area contributed by atoms with Crippen LogP contribution in [0.25, 0.3) is 0 Å². The van der Waals surface area contributed by atoms with Crippen molar-refractivity contribution in [2.75, 3.05) is 12.4 Å². The fourth-order valence-electron chi connectivity index (χ4n) is 3.29. The Hall–Kier alpha value is -3.07. The summed E-state index contributed by atoms with van der Waals surface area (Å²) in [5.74, 6) is 0.237. The number of nitrogens with two attached hydrogens (primary N) is 1. The summed E-state index contributed by atoms with van der Waals surface area (Å²) in [7, 11) is -2.17. The smallest absolute Gasteiger partial charge is 0.206 e. The second-order valence-corrected chi connectivity index (χ2v) is 8.53. The Bertz CT molecular complexity index is 1200. The highest BCUT2D eigenvalue weighted by Crippen LogP contribution is 2.41. The summed E-state index contributed by atoms with van der Waals surface area (Å²) in [5.41, 5.74) is 7.04. The second kappa shape index (κ2) is 7.98. The number of hydrogen-bond donors (Lipinski definition) is 3. The number of aliphatic imine (C=N–C) groups is 1. The molecule has 3 aromatic rings. The van der Waals surface area contributed by atoms with Gasteiger partial charge in [-0.1, -0.05) is 30.3 Å². The summed E-state index contributed by atoms with van der Waals surface area (Å²) in [4.78, 5) is 4.74. The molecular formula is C21H20ClN3O4S. The summed E-state index contributed by atoms with van der Waals surface area (Å²) in [6.07, 6.45) is 1.47. The number of hydrogen-bond acceptors (Lipinski definition) is 7. The molecule has 4 N–H and O–H groups in total. The van der Waals surface area contributed by atoms with Crippen LogP contribution in [-0.2, 0) is 15.5 Å². The van der Waals surface area contributed by atoms with Gasteiger partial charge in [0.15, 0.2) is 17.2 Å². The van der Waals surface area contributed by atoms with E-state index < -0.39 is 15.5 Å². The van der Waals surface area contributed by atoms with Crippen molar-refractivity contribution >= 4 is 34.3 Å². The zero-order valence-corrected chi connectivity index (χ0v) is 17.6. The molecule has 0 aromatic heterocycles. The lowest BCUT2D eigenvalue weighted by molar-refractivity contribution is 0.372. The quantitative estimate of drug-likeness (QED) is 0.531. The van der Waals surface area contributed by atoms with Gasteiger partial charge in [0.25, 0.3) is 0 Å². The number of phenols is 1. The molecule has 30 heavy (non-hydrogen) atoms. The SMILES string of the molecule is COc1cc2c(cc1O)C(N)(c1ccc(S(=O)(=O)c3ccccc3)cc1)N=CN2.Cl. The Morgan fingerprint density at radius 2 is 1.67 bits per heavy atom. The molecule has 0 spiro atoms. The van der Waals surface area contributed by atoms with Gasteiger partial charge in [-0.3, -0.25) is 5.73 Å². The van der Waals surface area contributed by atoms with Crippen molar-refractivity contribution < 1.29 is 18.3 Å². The Balaban J connectivity index is 0.00000256. The zero-order chi connectivity index (χ0) is 20.6. The van der Waals surface area contributed by atoms with E-state index in [0.29, 0.717) is 22.6 Å². The average molecular weight is 446 g/mol. The highest BCUT2D eigenvalue weighted by atomic mass is 35.5. The topological polar surface area (TPSA) is 114 Å². The lowest BCUT2D eigenvalue weighted by Crippen LogP contribution is -2.39. The van der Waals surface area contributed by atoms with Crippen molar-refractivity contribution in [3.8, 4) is 11.5 Å². The van der Waals surface area contributed by atoms with E-state index in [0.717, 1.165) is 0 Å². The first-order valence-corrected chi connectivity index (χ1v) is 10.3. The van der Waals surface area contributed by atoms with Gasteiger partial charge in [-0.15, -0.1) is 12.4 Å². The maximum absolute atomic E-state index is 12.8. The van der Waals surface area contributed by atoms with Gasteiger partial charge in [-0.2, -0.15) is 0 Å². The molecule has 3 aromatic carbocycles. The second-order valence-electron chi connectivity index (χ2n) is 6.58. The minimum atomic E-state index is -3.63. The van der Waals surface area contributed by atoms with E-state index >= 15 is 0 Å². The fraction of sp³-hybridized carbons (Fsp3) is 0.0952. The van der Waals surface area contributed by atoms with Gasteiger partial charge < -0.3 is 15.2 Å². The molecular weight excluding hydrogens is 426 g/mol. The van der Waals surface area contributed by atoms with Crippen molar-refractivity contribution in [2.24, 2.45) is 10.7 Å². The number of ether oxygens (including phenoxy) is 1. The predicted octanol–water partition coefficient (Wildman–Crippen LogP) is 3.27. The van der Waals surface area contributed by atoms with Gasteiger partial charge in [0.2, 0.25) is 9.84 Å². The predicted molar refractivity (Wildman–Crippen MR) is 117 cm³/mol. The van der Waals surface area contributed by atoms with Crippen molar-refractivity contribution in [3.05, 3.63) is 77.9 Å². The molecule has 0 saturated carbocycles. The van der Waals surface area contributed by atoms with Crippen LogP contribution in [-0.4, -0.2) is 27.0 Å². The van der Waals surface area contributed by atoms with Crippen LogP contribution >= 0.6 is 12.4 Å². The van der Waals surface area contributed by atoms with Gasteiger partial charge >= 0.3 is 0 Å². The largest absolute Gasteiger partial charge is 0.504 e. The summed E-state index contributed by atoms with van der Waals surface area (Å²) < 4.78 is 30.7. The molecule has 1 aliphatic heterocycles. The Kier molecular flexibility index (Phi) is 5.76. The summed E-state index contributed by atoms with van der Waals surface area (Å²) in [6.45, 7) is 0. The number of halogens is 1. The maximum atomic E-state index is 12.8. The van der Waals surface area contributed by atoms with E-state index in [2.05, 4.69) is 10.3 Å². The third-order valence-corrected chi connectivity index (χ3v) is 6.66. The van der Waals surface area contributed by atoms with E-state index in [1.54, 1.807) is 48.5 Å². The Morgan fingerprint density at radius 3 is 2.30 bits per heavy atom. The van der Waals surface area contributed by atoms with Gasteiger partial charge in [0.05, 0.1) is 28.9 Å². The maximum Gasteiger partial charge on any atom is 0.206 e. The molecule has 0 fully saturated rings. The standard InChI is InChI=1S/C21H19N3O4S.ClH/c1-28-20-12-18-17(11-19(20)25)21(22,24-13-23-18)14-7-9-16(10-8-14)29(26,27)15-5-3-2-4-6-15;/h2-13,25H,22H2,1H3,(H,23,24);1H. The molecule has 0 saturated heterocycles. The molecule has 1 heterocycles. The molecule has 1 aliphatic rings. The van der Waals surface area contributed by atoms with E-state index in [4.69, 9.17) is 10.5 Å². The molecule has 4 rings (SSSR count). The van der Waals surface area contributed by atoms with Crippen molar-refractivity contribution in [1.82, 2.24) is 0 Å². The highest BCUT2D eigenvalue weighted by Gasteiger charge is 2.35. The molecule has 0 amide bonds. The van der Waals surface area contributed by atoms with Crippen LogP contribution in [0.2, 0.25) is 0 Å². The number of benzene rings is 3. The molecule has 156 valence electrons. The zero-order valence-electron chi connectivity index (χ0n) is 15.9. The fourth-order valence-corrected chi connectivity index (χ4v) is 4.58. The third-order valence-electron chi connectivity index (χ3n) is 4.88. The number of methoxy groups -OCH3 is 1. The molecule has 9 heteroatoms. The summed E-state index contributed by atoms with van der Waals surface area (Å²) in [6, 6.07) is 17.6. The number of sulfone groups is 1.